The highest BCUT2D eigenvalue weighted by Crippen LogP contribution is 2.22. The largest absolute Gasteiger partial charge is 0.336 e. The summed E-state index contributed by atoms with van der Waals surface area (Å²) in [5, 5.41) is 2.80. The molecule has 1 saturated heterocycles. The highest BCUT2D eigenvalue weighted by molar-refractivity contribution is 5.94. The molecule has 3 heteroatoms. The molecule has 2 rings (SSSR count). The van der Waals surface area contributed by atoms with Gasteiger partial charge in [-0.2, -0.15) is 0 Å². The molecule has 1 N–H and O–H groups in total. The van der Waals surface area contributed by atoms with Crippen LogP contribution < -0.4 is 10.2 Å². The molecule has 15 heavy (non-hydrogen) atoms. The molecule has 0 radical (unpaired) electrons. The Morgan fingerprint density at radius 2 is 2.20 bits per heavy atom. The van der Waals surface area contributed by atoms with Gasteiger partial charge in [-0.1, -0.05) is 26.0 Å². The molecule has 0 aromatic heterocycles. The van der Waals surface area contributed by atoms with Crippen molar-refractivity contribution in [2.75, 3.05) is 18.0 Å². The lowest BCUT2D eigenvalue weighted by Crippen LogP contribution is -2.27. The molecule has 0 atom stereocenters. The maximum Gasteiger partial charge on any atom is 0.321 e. The molecule has 1 aromatic rings. The van der Waals surface area contributed by atoms with Crippen LogP contribution in [0.25, 0.3) is 0 Å². The Bertz CT molecular complexity index is 374. The molecule has 0 spiro atoms. The van der Waals surface area contributed by atoms with Crippen molar-refractivity contribution in [1.82, 2.24) is 5.32 Å². The van der Waals surface area contributed by atoms with Gasteiger partial charge in [0.1, 0.15) is 0 Å². The first-order chi connectivity index (χ1) is 7.18. The van der Waals surface area contributed by atoms with Gasteiger partial charge in [0, 0.05) is 18.8 Å². The van der Waals surface area contributed by atoms with E-state index in [9.17, 15) is 4.79 Å². The van der Waals surface area contributed by atoms with Crippen molar-refractivity contribution in [2.24, 2.45) is 0 Å². The summed E-state index contributed by atoms with van der Waals surface area (Å²) in [4.78, 5) is 13.3. The van der Waals surface area contributed by atoms with Crippen LogP contribution in [0.3, 0.4) is 0 Å². The lowest BCUT2D eigenvalue weighted by Gasteiger charge is -2.16. The van der Waals surface area contributed by atoms with E-state index in [0.29, 0.717) is 5.92 Å². The molecule has 80 valence electrons. The van der Waals surface area contributed by atoms with Gasteiger partial charge in [-0.15, -0.1) is 0 Å². The Kier molecular flexibility index (Phi) is 2.62. The summed E-state index contributed by atoms with van der Waals surface area (Å²) in [6, 6.07) is 8.20. The first kappa shape index (κ1) is 10.0. The molecule has 2 amide bonds. The Balaban J connectivity index is 2.28. The van der Waals surface area contributed by atoms with Gasteiger partial charge in [-0.3, -0.25) is 4.90 Å². The Hall–Kier alpha value is -1.51. The number of nitrogens with one attached hydrogen (secondary N) is 1. The Labute approximate surface area is 90.1 Å². The minimum Gasteiger partial charge on any atom is -0.336 e. The van der Waals surface area contributed by atoms with E-state index in [1.807, 2.05) is 12.1 Å². The second-order valence-electron chi connectivity index (χ2n) is 4.13. The van der Waals surface area contributed by atoms with Crippen LogP contribution in [0.4, 0.5) is 10.5 Å². The number of hydrogen-bond acceptors (Lipinski definition) is 1. The van der Waals surface area contributed by atoms with Crippen molar-refractivity contribution in [1.29, 1.82) is 0 Å². The molecule has 1 aliphatic heterocycles. The zero-order chi connectivity index (χ0) is 10.8. The van der Waals surface area contributed by atoms with Gasteiger partial charge >= 0.3 is 6.03 Å². The number of urea groups is 1. The van der Waals surface area contributed by atoms with Crippen LogP contribution in [-0.2, 0) is 0 Å². The average Bonchev–Trinajstić information content (AvgIpc) is 2.64. The van der Waals surface area contributed by atoms with Crippen molar-refractivity contribution >= 4 is 11.7 Å². The van der Waals surface area contributed by atoms with Crippen LogP contribution in [0.2, 0.25) is 0 Å². The van der Waals surface area contributed by atoms with Crippen molar-refractivity contribution in [3.8, 4) is 0 Å². The highest BCUT2D eigenvalue weighted by atomic mass is 16.2. The van der Waals surface area contributed by atoms with E-state index in [1.165, 1.54) is 5.56 Å². The fraction of sp³-hybridized carbons (Fsp3) is 0.417. The van der Waals surface area contributed by atoms with Crippen molar-refractivity contribution in [2.45, 2.75) is 19.8 Å². The number of carbonyl (C=O) groups excluding carboxylic acids is 1. The molecular formula is C12H16N2O. The maximum atomic E-state index is 11.5. The van der Waals surface area contributed by atoms with E-state index in [2.05, 4.69) is 31.3 Å². The number of hydrogen-bond donors (Lipinski definition) is 1. The van der Waals surface area contributed by atoms with Gasteiger partial charge in [0.15, 0.2) is 0 Å². The number of anilines is 1. The van der Waals surface area contributed by atoms with E-state index >= 15 is 0 Å². The van der Waals surface area contributed by atoms with Gasteiger partial charge in [-0.25, -0.2) is 4.79 Å². The van der Waals surface area contributed by atoms with Gasteiger partial charge < -0.3 is 5.32 Å². The highest BCUT2D eigenvalue weighted by Gasteiger charge is 2.21. The molecule has 1 heterocycles. The molecule has 1 aromatic carbocycles. The second kappa shape index (κ2) is 3.93. The Morgan fingerprint density at radius 1 is 1.40 bits per heavy atom. The Morgan fingerprint density at radius 3 is 2.80 bits per heavy atom. The topological polar surface area (TPSA) is 32.3 Å². The zero-order valence-corrected chi connectivity index (χ0v) is 9.16. The standard InChI is InChI=1S/C12H16N2O/c1-9(2)10-4-3-5-11(8-10)14-7-6-13-12(14)15/h3-5,8-9H,6-7H2,1-2H3,(H,13,15). The van der Waals surface area contributed by atoms with Crippen molar-refractivity contribution in [3.05, 3.63) is 29.8 Å². The van der Waals surface area contributed by atoms with Crippen LogP contribution in [0.15, 0.2) is 24.3 Å². The molecule has 1 aliphatic rings. The fourth-order valence-electron chi connectivity index (χ4n) is 1.77. The van der Waals surface area contributed by atoms with E-state index < -0.39 is 0 Å². The van der Waals surface area contributed by atoms with Gasteiger partial charge in [-0.05, 0) is 23.6 Å². The molecule has 0 bridgehead atoms. The molecular weight excluding hydrogens is 188 g/mol. The molecule has 0 saturated carbocycles. The lowest BCUT2D eigenvalue weighted by molar-refractivity contribution is 0.252. The third-order valence-corrected chi connectivity index (χ3v) is 2.71. The third kappa shape index (κ3) is 1.96. The maximum absolute atomic E-state index is 11.5. The van der Waals surface area contributed by atoms with E-state index in [1.54, 1.807) is 4.90 Å². The number of amides is 2. The summed E-state index contributed by atoms with van der Waals surface area (Å²) < 4.78 is 0. The lowest BCUT2D eigenvalue weighted by atomic mass is 10.0. The predicted molar refractivity (Wildman–Crippen MR) is 61.3 cm³/mol. The summed E-state index contributed by atoms with van der Waals surface area (Å²) in [6.45, 7) is 5.82. The van der Waals surface area contributed by atoms with E-state index in [0.717, 1.165) is 18.8 Å². The van der Waals surface area contributed by atoms with Crippen molar-refractivity contribution < 1.29 is 4.79 Å². The molecule has 0 unspecified atom stereocenters. The summed E-state index contributed by atoms with van der Waals surface area (Å²) in [7, 11) is 0. The van der Waals surface area contributed by atoms with Crippen LogP contribution in [0, 0.1) is 0 Å². The smallest absolute Gasteiger partial charge is 0.321 e. The summed E-state index contributed by atoms with van der Waals surface area (Å²) in [6.07, 6.45) is 0. The summed E-state index contributed by atoms with van der Waals surface area (Å²) in [5.41, 5.74) is 2.27. The van der Waals surface area contributed by atoms with Gasteiger partial charge in [0.25, 0.3) is 0 Å². The molecule has 0 aliphatic carbocycles. The van der Waals surface area contributed by atoms with E-state index in [4.69, 9.17) is 0 Å². The minimum atomic E-state index is 0.0101. The number of nitrogens with zero attached hydrogens (tertiary/aromatic N) is 1. The minimum absolute atomic E-state index is 0.0101. The second-order valence-corrected chi connectivity index (χ2v) is 4.13. The molecule has 3 nitrogen and oxygen atoms in total. The molecule has 1 fully saturated rings. The van der Waals surface area contributed by atoms with Gasteiger partial charge in [0.05, 0.1) is 0 Å². The van der Waals surface area contributed by atoms with Crippen LogP contribution in [0.5, 0.6) is 0 Å². The van der Waals surface area contributed by atoms with Crippen molar-refractivity contribution in [3.63, 3.8) is 0 Å². The quantitative estimate of drug-likeness (QED) is 0.788. The first-order valence-electron chi connectivity index (χ1n) is 5.34. The SMILES string of the molecule is CC(C)c1cccc(N2CCNC2=O)c1. The van der Waals surface area contributed by atoms with Crippen LogP contribution in [0.1, 0.15) is 25.3 Å². The van der Waals surface area contributed by atoms with Crippen LogP contribution >= 0.6 is 0 Å². The fourth-order valence-corrected chi connectivity index (χ4v) is 1.77. The average molecular weight is 204 g/mol. The normalized spacial score (nSPS) is 15.9. The third-order valence-electron chi connectivity index (χ3n) is 2.71. The zero-order valence-electron chi connectivity index (χ0n) is 9.16. The van der Waals surface area contributed by atoms with Crippen LogP contribution in [-0.4, -0.2) is 19.1 Å². The van der Waals surface area contributed by atoms with Gasteiger partial charge in [0.2, 0.25) is 0 Å². The summed E-state index contributed by atoms with van der Waals surface area (Å²) in [5.74, 6) is 0.496. The first-order valence-corrected chi connectivity index (χ1v) is 5.34. The summed E-state index contributed by atoms with van der Waals surface area (Å²) >= 11 is 0. The number of carbonyl (C=O) groups is 1. The number of benzene rings is 1. The van der Waals surface area contributed by atoms with E-state index in [-0.39, 0.29) is 6.03 Å². The predicted octanol–water partition coefficient (Wildman–Crippen LogP) is 2.34. The number of rotatable bonds is 2. The monoisotopic (exact) mass is 204 g/mol.